The summed E-state index contributed by atoms with van der Waals surface area (Å²) < 4.78 is 4.87. The number of urea groups is 1. The molecule has 3 N–H and O–H groups in total. The molecule has 1 saturated heterocycles. The second-order valence-corrected chi connectivity index (χ2v) is 8.67. The molecule has 4 rings (SSSR count). The van der Waals surface area contributed by atoms with Crippen LogP contribution in [0.4, 0.5) is 16.3 Å². The van der Waals surface area contributed by atoms with Crippen LogP contribution in [0.5, 0.6) is 0 Å². The van der Waals surface area contributed by atoms with Crippen LogP contribution in [0, 0.1) is 5.92 Å². The number of carbonyl (C=O) groups excluding carboxylic acids is 2. The molecule has 2 heterocycles. The minimum atomic E-state index is -0.183. The minimum absolute atomic E-state index is 0.0112. The van der Waals surface area contributed by atoms with Crippen molar-refractivity contribution in [2.75, 3.05) is 43.9 Å². The highest BCUT2D eigenvalue weighted by Crippen LogP contribution is 2.30. The van der Waals surface area contributed by atoms with Crippen molar-refractivity contribution < 1.29 is 14.3 Å². The van der Waals surface area contributed by atoms with Gasteiger partial charge in [0.2, 0.25) is 0 Å². The Morgan fingerprint density at radius 2 is 1.97 bits per heavy atom. The molecule has 2 amide bonds. The lowest BCUT2D eigenvalue weighted by molar-refractivity contribution is -0.146. The molecule has 0 radical (unpaired) electrons. The number of rotatable bonds is 3. The lowest BCUT2D eigenvalue weighted by Gasteiger charge is -2.38. The molecule has 2 aromatic rings. The van der Waals surface area contributed by atoms with E-state index >= 15 is 0 Å². The van der Waals surface area contributed by atoms with Crippen molar-refractivity contribution in [1.29, 1.82) is 0 Å². The van der Waals surface area contributed by atoms with E-state index in [4.69, 9.17) is 22.1 Å². The van der Waals surface area contributed by atoms with E-state index in [1.54, 1.807) is 0 Å². The molecule has 9 heteroatoms. The van der Waals surface area contributed by atoms with Crippen LogP contribution in [-0.4, -0.2) is 61.2 Å². The van der Waals surface area contributed by atoms with Crippen LogP contribution in [-0.2, 0) is 9.53 Å². The van der Waals surface area contributed by atoms with E-state index in [0.717, 1.165) is 35.9 Å². The van der Waals surface area contributed by atoms with Crippen molar-refractivity contribution in [3.63, 3.8) is 0 Å². The summed E-state index contributed by atoms with van der Waals surface area (Å²) in [6.45, 7) is 2.61. The molecule has 2 fully saturated rings. The summed E-state index contributed by atoms with van der Waals surface area (Å²) in [5.74, 6) is 0.139. The monoisotopic (exact) mass is 445 g/mol. The second-order valence-electron chi connectivity index (χ2n) is 8.23. The third-order valence-corrected chi connectivity index (χ3v) is 6.45. The number of hydrogen-bond donors (Lipinski definition) is 2. The zero-order chi connectivity index (χ0) is 22.0. The third kappa shape index (κ3) is 4.79. The average Bonchev–Trinajstić information content (AvgIpc) is 2.78. The van der Waals surface area contributed by atoms with Gasteiger partial charge in [-0.1, -0.05) is 18.0 Å². The molecule has 2 unspecified atom stereocenters. The summed E-state index contributed by atoms with van der Waals surface area (Å²) >= 11 is 6.11. The lowest BCUT2D eigenvalue weighted by atomic mass is 9.86. The van der Waals surface area contributed by atoms with E-state index in [9.17, 15) is 9.59 Å². The first-order valence-electron chi connectivity index (χ1n) is 10.7. The minimum Gasteiger partial charge on any atom is -0.469 e. The zero-order valence-electron chi connectivity index (χ0n) is 17.6. The van der Waals surface area contributed by atoms with Crippen LogP contribution in [0.15, 0.2) is 24.3 Å². The summed E-state index contributed by atoms with van der Waals surface area (Å²) in [6.07, 6.45) is 3.28. The number of esters is 1. The SMILES string of the molecule is COC(=O)C1CCCC(NC(=O)N2CCN(c3cc(N)nc4cc(Cl)ccc34)CC2)C1. The van der Waals surface area contributed by atoms with Gasteiger partial charge in [0.1, 0.15) is 5.82 Å². The van der Waals surface area contributed by atoms with Crippen molar-refractivity contribution in [2.24, 2.45) is 5.92 Å². The van der Waals surface area contributed by atoms with Crippen LogP contribution in [0.3, 0.4) is 0 Å². The number of nitrogens with zero attached hydrogens (tertiary/aromatic N) is 3. The highest BCUT2D eigenvalue weighted by atomic mass is 35.5. The Labute approximate surface area is 186 Å². The van der Waals surface area contributed by atoms with Crippen LogP contribution in [0.25, 0.3) is 10.9 Å². The number of carbonyl (C=O) groups is 2. The standard InChI is InChI=1S/C22H28ClN5O3/c1-31-21(29)14-3-2-4-16(11-14)25-22(30)28-9-7-27(8-10-28)19-13-20(24)26-18-12-15(23)5-6-17(18)19/h5-6,12-14,16H,2-4,7-11H2,1H3,(H2,24,26)(H,25,30). The van der Waals surface area contributed by atoms with Gasteiger partial charge in [0.05, 0.1) is 18.5 Å². The number of fused-ring (bicyclic) bond motifs is 1. The number of benzene rings is 1. The Kier molecular flexibility index (Phi) is 6.36. The molecule has 8 nitrogen and oxygen atoms in total. The topological polar surface area (TPSA) is 101 Å². The average molecular weight is 446 g/mol. The van der Waals surface area contributed by atoms with Crippen molar-refractivity contribution in [3.05, 3.63) is 29.3 Å². The number of amides is 2. The third-order valence-electron chi connectivity index (χ3n) is 6.21. The van der Waals surface area contributed by atoms with Crippen molar-refractivity contribution in [1.82, 2.24) is 15.2 Å². The largest absolute Gasteiger partial charge is 0.469 e. The Bertz CT molecular complexity index is 972. The number of halogens is 1. The van der Waals surface area contributed by atoms with Crippen LogP contribution in [0.1, 0.15) is 25.7 Å². The van der Waals surface area contributed by atoms with Gasteiger partial charge in [-0.25, -0.2) is 9.78 Å². The zero-order valence-corrected chi connectivity index (χ0v) is 18.4. The summed E-state index contributed by atoms with van der Waals surface area (Å²) in [6, 6.07) is 7.44. The highest BCUT2D eigenvalue weighted by molar-refractivity contribution is 6.31. The quantitative estimate of drug-likeness (QED) is 0.704. The molecule has 1 aromatic carbocycles. The molecular formula is C22H28ClN5O3. The fraction of sp³-hybridized carbons (Fsp3) is 0.500. The molecule has 1 aliphatic heterocycles. The Morgan fingerprint density at radius 3 is 2.71 bits per heavy atom. The molecular weight excluding hydrogens is 418 g/mol. The van der Waals surface area contributed by atoms with Gasteiger partial charge in [0, 0.05) is 54.4 Å². The number of nitrogen functional groups attached to an aromatic ring is 1. The first kappa shape index (κ1) is 21.5. The van der Waals surface area contributed by atoms with E-state index in [2.05, 4.69) is 15.2 Å². The fourth-order valence-corrected chi connectivity index (χ4v) is 4.75. The van der Waals surface area contributed by atoms with Gasteiger partial charge >= 0.3 is 12.0 Å². The van der Waals surface area contributed by atoms with E-state index in [-0.39, 0.29) is 24.0 Å². The van der Waals surface area contributed by atoms with E-state index in [0.29, 0.717) is 43.4 Å². The summed E-state index contributed by atoms with van der Waals surface area (Å²) in [5.41, 5.74) is 7.79. The van der Waals surface area contributed by atoms with Gasteiger partial charge in [-0.15, -0.1) is 0 Å². The number of pyridine rings is 1. The molecule has 2 atom stereocenters. The van der Waals surface area contributed by atoms with Crippen molar-refractivity contribution >= 4 is 46.0 Å². The summed E-state index contributed by atoms with van der Waals surface area (Å²) in [7, 11) is 1.41. The number of piperazine rings is 1. The van der Waals surface area contributed by atoms with Crippen LogP contribution >= 0.6 is 11.6 Å². The first-order chi connectivity index (χ1) is 14.9. The number of nitrogens with one attached hydrogen (secondary N) is 1. The highest BCUT2D eigenvalue weighted by Gasteiger charge is 2.30. The van der Waals surface area contributed by atoms with Gasteiger partial charge in [-0.2, -0.15) is 0 Å². The molecule has 2 aliphatic rings. The molecule has 1 aromatic heterocycles. The summed E-state index contributed by atoms with van der Waals surface area (Å²) in [4.78, 5) is 33.1. The second kappa shape index (κ2) is 9.18. The Hall–Kier alpha value is -2.74. The molecule has 1 aliphatic carbocycles. The number of aromatic nitrogens is 1. The molecule has 31 heavy (non-hydrogen) atoms. The first-order valence-corrected chi connectivity index (χ1v) is 11.1. The Morgan fingerprint density at radius 1 is 1.19 bits per heavy atom. The predicted octanol–water partition coefficient (Wildman–Crippen LogP) is 3.03. The number of nitrogens with two attached hydrogens (primary N) is 1. The predicted molar refractivity (Wildman–Crippen MR) is 121 cm³/mol. The smallest absolute Gasteiger partial charge is 0.317 e. The van der Waals surface area contributed by atoms with Gasteiger partial charge in [-0.3, -0.25) is 4.79 Å². The van der Waals surface area contributed by atoms with Crippen LogP contribution < -0.4 is 16.0 Å². The maximum atomic E-state index is 12.8. The van der Waals surface area contributed by atoms with E-state index in [1.165, 1.54) is 7.11 Å². The van der Waals surface area contributed by atoms with Gasteiger partial charge in [-0.05, 0) is 37.5 Å². The van der Waals surface area contributed by atoms with E-state index in [1.807, 2.05) is 29.2 Å². The maximum absolute atomic E-state index is 12.8. The van der Waals surface area contributed by atoms with Gasteiger partial charge in [0.15, 0.2) is 0 Å². The van der Waals surface area contributed by atoms with Crippen molar-refractivity contribution in [3.8, 4) is 0 Å². The lowest BCUT2D eigenvalue weighted by Crippen LogP contribution is -2.54. The molecule has 1 saturated carbocycles. The van der Waals surface area contributed by atoms with Crippen LogP contribution in [0.2, 0.25) is 5.02 Å². The Balaban J connectivity index is 1.37. The van der Waals surface area contributed by atoms with Gasteiger partial charge < -0.3 is 25.6 Å². The van der Waals surface area contributed by atoms with Gasteiger partial charge in [0.25, 0.3) is 0 Å². The van der Waals surface area contributed by atoms with E-state index < -0.39 is 0 Å². The molecule has 0 spiro atoms. The van der Waals surface area contributed by atoms with Crippen molar-refractivity contribution in [2.45, 2.75) is 31.7 Å². The fourth-order valence-electron chi connectivity index (χ4n) is 4.58. The normalized spacial score (nSPS) is 21.7. The molecule has 0 bridgehead atoms. The number of anilines is 2. The number of ether oxygens (including phenoxy) is 1. The maximum Gasteiger partial charge on any atom is 0.317 e. The summed E-state index contributed by atoms with van der Waals surface area (Å²) in [5, 5.41) is 4.73. The number of hydrogen-bond acceptors (Lipinski definition) is 6. The molecule has 166 valence electrons. The number of methoxy groups -OCH3 is 1.